The average Bonchev–Trinajstić information content (AvgIpc) is 2.76. The van der Waals surface area contributed by atoms with Crippen molar-refractivity contribution in [3.63, 3.8) is 0 Å². The number of carbonyl (C=O) groups is 1. The number of nitrogens with zero attached hydrogens (tertiary/aromatic N) is 2. The summed E-state index contributed by atoms with van der Waals surface area (Å²) in [6, 6.07) is 18.0. The lowest BCUT2D eigenvalue weighted by Crippen LogP contribution is -2.45. The van der Waals surface area contributed by atoms with E-state index in [-0.39, 0.29) is 12.1 Å². The number of likely N-dealkylation sites (tertiary alicyclic amines) is 1. The zero-order chi connectivity index (χ0) is 20.1. The zero-order valence-electron chi connectivity index (χ0n) is 16.6. The van der Waals surface area contributed by atoms with Gasteiger partial charge in [0, 0.05) is 37.3 Å². The fraction of sp³-hybridized carbons (Fsp3) is 0.304. The van der Waals surface area contributed by atoms with Crippen LogP contribution in [0.4, 0.5) is 10.5 Å². The van der Waals surface area contributed by atoms with Gasteiger partial charge < -0.3 is 15.4 Å². The van der Waals surface area contributed by atoms with Gasteiger partial charge >= 0.3 is 6.03 Å². The topological polar surface area (TPSA) is 66.5 Å². The molecule has 29 heavy (non-hydrogen) atoms. The fourth-order valence-electron chi connectivity index (χ4n) is 3.78. The molecular weight excluding hydrogens is 364 g/mol. The molecule has 0 spiro atoms. The average molecular weight is 390 g/mol. The number of nitrogens with one attached hydrogen (secondary N) is 2. The van der Waals surface area contributed by atoms with Crippen LogP contribution < -0.4 is 15.4 Å². The van der Waals surface area contributed by atoms with Gasteiger partial charge in [0.2, 0.25) is 0 Å². The summed E-state index contributed by atoms with van der Waals surface area (Å²) in [5, 5.41) is 6.95. The first-order valence-electron chi connectivity index (χ1n) is 9.98. The third-order valence-corrected chi connectivity index (χ3v) is 5.37. The van der Waals surface area contributed by atoms with Crippen LogP contribution in [-0.4, -0.2) is 42.2 Å². The number of urea groups is 1. The maximum atomic E-state index is 12.6. The molecule has 1 aromatic heterocycles. The largest absolute Gasteiger partial charge is 0.497 e. The van der Waals surface area contributed by atoms with E-state index < -0.39 is 0 Å². The van der Waals surface area contributed by atoms with Crippen LogP contribution in [0.15, 0.2) is 60.8 Å². The molecule has 1 aliphatic heterocycles. The van der Waals surface area contributed by atoms with Gasteiger partial charge in [-0.1, -0.05) is 30.3 Å². The maximum absolute atomic E-state index is 12.6. The van der Waals surface area contributed by atoms with E-state index in [9.17, 15) is 4.79 Å². The Morgan fingerprint density at radius 2 is 1.93 bits per heavy atom. The van der Waals surface area contributed by atoms with Crippen molar-refractivity contribution in [2.75, 3.05) is 25.5 Å². The molecule has 0 aliphatic carbocycles. The van der Waals surface area contributed by atoms with Crippen LogP contribution in [0.2, 0.25) is 0 Å². The van der Waals surface area contributed by atoms with Gasteiger partial charge in [-0.05, 0) is 42.7 Å². The minimum absolute atomic E-state index is 0.179. The third-order valence-electron chi connectivity index (χ3n) is 5.37. The molecule has 2 aromatic carbocycles. The van der Waals surface area contributed by atoms with Crippen LogP contribution in [0.25, 0.3) is 10.9 Å². The molecule has 2 N–H and O–H groups in total. The number of methoxy groups -OCH3 is 1. The van der Waals surface area contributed by atoms with Crippen molar-refractivity contribution in [2.45, 2.75) is 25.4 Å². The van der Waals surface area contributed by atoms with Crippen molar-refractivity contribution >= 4 is 22.6 Å². The van der Waals surface area contributed by atoms with E-state index in [1.54, 1.807) is 13.3 Å². The Hall–Kier alpha value is -3.12. The number of rotatable bonds is 5. The molecule has 0 radical (unpaired) electrons. The van der Waals surface area contributed by atoms with Crippen molar-refractivity contribution in [2.24, 2.45) is 0 Å². The number of pyridine rings is 1. The molecule has 1 aliphatic rings. The summed E-state index contributed by atoms with van der Waals surface area (Å²) in [6.45, 7) is 2.93. The van der Waals surface area contributed by atoms with E-state index in [4.69, 9.17) is 4.74 Å². The molecule has 4 rings (SSSR count). The van der Waals surface area contributed by atoms with Crippen LogP contribution in [0.5, 0.6) is 5.75 Å². The van der Waals surface area contributed by atoms with Crippen LogP contribution >= 0.6 is 0 Å². The zero-order valence-corrected chi connectivity index (χ0v) is 16.6. The van der Waals surface area contributed by atoms with Gasteiger partial charge in [0.15, 0.2) is 0 Å². The van der Waals surface area contributed by atoms with Crippen LogP contribution in [0.3, 0.4) is 0 Å². The molecule has 0 bridgehead atoms. The number of anilines is 1. The monoisotopic (exact) mass is 390 g/mol. The van der Waals surface area contributed by atoms with Crippen LogP contribution in [0.1, 0.15) is 18.4 Å². The molecule has 0 saturated carbocycles. The number of amides is 2. The highest BCUT2D eigenvalue weighted by atomic mass is 16.5. The molecule has 6 heteroatoms. The summed E-state index contributed by atoms with van der Waals surface area (Å²) < 4.78 is 5.30. The number of ether oxygens (including phenoxy) is 1. The summed E-state index contributed by atoms with van der Waals surface area (Å²) in [5.74, 6) is 0.736. The molecule has 150 valence electrons. The number of carbonyl (C=O) groups excluding carboxylic acids is 1. The second kappa shape index (κ2) is 8.92. The van der Waals surface area contributed by atoms with Crippen molar-refractivity contribution in [3.05, 3.63) is 66.4 Å². The molecular formula is C23H26N4O2. The Morgan fingerprint density at radius 3 is 2.69 bits per heavy atom. The fourth-order valence-corrected chi connectivity index (χ4v) is 3.78. The lowest BCUT2D eigenvalue weighted by molar-refractivity contribution is 0.190. The van der Waals surface area contributed by atoms with Crippen LogP contribution in [0, 0.1) is 0 Å². The van der Waals surface area contributed by atoms with E-state index in [1.165, 1.54) is 5.56 Å². The SMILES string of the molecule is COc1ccc2nccc(NC(=O)NC3CCN(Cc4ccccc4)CC3)c2c1. The van der Waals surface area contributed by atoms with E-state index in [0.29, 0.717) is 0 Å². The second-order valence-corrected chi connectivity index (χ2v) is 7.38. The van der Waals surface area contributed by atoms with Gasteiger partial charge in [-0.3, -0.25) is 9.88 Å². The van der Waals surface area contributed by atoms with Crippen molar-refractivity contribution in [1.82, 2.24) is 15.2 Å². The minimum Gasteiger partial charge on any atom is -0.497 e. The number of benzene rings is 2. The van der Waals surface area contributed by atoms with Gasteiger partial charge in [-0.25, -0.2) is 4.79 Å². The summed E-state index contributed by atoms with van der Waals surface area (Å²) in [5.41, 5.74) is 2.88. The first-order chi connectivity index (χ1) is 14.2. The van der Waals surface area contributed by atoms with Gasteiger partial charge in [0.05, 0.1) is 18.3 Å². The molecule has 1 saturated heterocycles. The van der Waals surface area contributed by atoms with Gasteiger partial charge in [-0.15, -0.1) is 0 Å². The van der Waals surface area contributed by atoms with E-state index in [1.807, 2.05) is 30.3 Å². The highest BCUT2D eigenvalue weighted by Crippen LogP contribution is 2.26. The number of hydrogen-bond donors (Lipinski definition) is 2. The summed E-state index contributed by atoms with van der Waals surface area (Å²) in [6.07, 6.45) is 3.60. The predicted molar refractivity (Wildman–Crippen MR) is 115 cm³/mol. The molecule has 1 fully saturated rings. The Morgan fingerprint density at radius 1 is 1.14 bits per heavy atom. The van der Waals surface area contributed by atoms with E-state index in [0.717, 1.165) is 54.8 Å². The predicted octanol–water partition coefficient (Wildman–Crippen LogP) is 4.03. The highest BCUT2D eigenvalue weighted by Gasteiger charge is 2.21. The summed E-state index contributed by atoms with van der Waals surface area (Å²) >= 11 is 0. The molecule has 3 aromatic rings. The smallest absolute Gasteiger partial charge is 0.319 e. The molecule has 2 amide bonds. The quantitative estimate of drug-likeness (QED) is 0.690. The number of aromatic nitrogens is 1. The normalized spacial score (nSPS) is 15.2. The third kappa shape index (κ3) is 4.84. The first kappa shape index (κ1) is 19.2. The first-order valence-corrected chi connectivity index (χ1v) is 9.98. The number of hydrogen-bond acceptors (Lipinski definition) is 4. The molecule has 6 nitrogen and oxygen atoms in total. The van der Waals surface area contributed by atoms with Gasteiger partial charge in [0.1, 0.15) is 5.75 Å². The Bertz CT molecular complexity index is 969. The van der Waals surface area contributed by atoms with Gasteiger partial charge in [0.25, 0.3) is 0 Å². The maximum Gasteiger partial charge on any atom is 0.319 e. The molecule has 0 unspecified atom stereocenters. The lowest BCUT2D eigenvalue weighted by atomic mass is 10.0. The Labute approximate surface area is 170 Å². The lowest BCUT2D eigenvalue weighted by Gasteiger charge is -2.32. The van der Waals surface area contributed by atoms with Crippen molar-refractivity contribution < 1.29 is 9.53 Å². The van der Waals surface area contributed by atoms with E-state index in [2.05, 4.69) is 44.8 Å². The summed E-state index contributed by atoms with van der Waals surface area (Å²) in [4.78, 5) is 19.4. The Kier molecular flexibility index (Phi) is 5.91. The molecule has 2 heterocycles. The highest BCUT2D eigenvalue weighted by molar-refractivity contribution is 6.00. The van der Waals surface area contributed by atoms with Gasteiger partial charge in [-0.2, -0.15) is 0 Å². The second-order valence-electron chi connectivity index (χ2n) is 7.38. The van der Waals surface area contributed by atoms with Crippen molar-refractivity contribution in [3.8, 4) is 5.75 Å². The Balaban J connectivity index is 1.32. The molecule has 0 atom stereocenters. The summed E-state index contributed by atoms with van der Waals surface area (Å²) in [7, 11) is 1.63. The minimum atomic E-state index is -0.179. The van der Waals surface area contributed by atoms with Crippen molar-refractivity contribution in [1.29, 1.82) is 0 Å². The standard InChI is InChI=1S/C23H26N4O2/c1-29-19-7-8-21-20(15-19)22(9-12-24-21)26-23(28)25-18-10-13-27(14-11-18)16-17-5-3-2-4-6-17/h2-9,12,15,18H,10-11,13-14,16H2,1H3,(H2,24,25,26,28). The number of fused-ring (bicyclic) bond motifs is 1. The van der Waals surface area contributed by atoms with E-state index >= 15 is 0 Å². The number of piperidine rings is 1. The van der Waals surface area contributed by atoms with Crippen LogP contribution in [-0.2, 0) is 6.54 Å².